The Morgan fingerprint density at radius 2 is 1.96 bits per heavy atom. The molecule has 0 saturated heterocycles. The molecule has 0 aliphatic carbocycles. The number of nitrogens with zero attached hydrogens (tertiary/aromatic N) is 1. The maximum atomic E-state index is 11.8. The van der Waals surface area contributed by atoms with Gasteiger partial charge in [-0.1, -0.05) is 16.8 Å². The van der Waals surface area contributed by atoms with Crippen molar-refractivity contribution >= 4 is 23.5 Å². The summed E-state index contributed by atoms with van der Waals surface area (Å²) in [6.45, 7) is 1.42. The summed E-state index contributed by atoms with van der Waals surface area (Å²) in [5, 5.41) is 6.83. The van der Waals surface area contributed by atoms with E-state index in [1.54, 1.807) is 31.2 Å². The molecule has 3 rings (SSSR count). The second-order valence-corrected chi connectivity index (χ2v) is 5.89. The molecule has 1 N–H and O–H groups in total. The Hall–Kier alpha value is -3.06. The maximum absolute atomic E-state index is 11.8. The average molecular weight is 375 g/mol. The molecule has 1 aromatic carbocycles. The van der Waals surface area contributed by atoms with Gasteiger partial charge in [-0.15, -0.1) is 0 Å². The lowest BCUT2D eigenvalue weighted by Gasteiger charge is -2.04. The lowest BCUT2D eigenvalue weighted by molar-refractivity contribution is -0.124. The third kappa shape index (κ3) is 4.52. The third-order valence-electron chi connectivity index (χ3n) is 3.41. The van der Waals surface area contributed by atoms with Crippen LogP contribution in [-0.4, -0.2) is 23.6 Å². The second kappa shape index (κ2) is 7.88. The number of hydrogen-bond donors (Lipinski definition) is 1. The first kappa shape index (κ1) is 17.8. The van der Waals surface area contributed by atoms with Crippen LogP contribution in [-0.2, 0) is 16.1 Å². The van der Waals surface area contributed by atoms with Crippen LogP contribution in [0.5, 0.6) is 0 Å². The van der Waals surface area contributed by atoms with E-state index < -0.39 is 18.5 Å². The van der Waals surface area contributed by atoms with Crippen molar-refractivity contribution in [2.24, 2.45) is 0 Å². The summed E-state index contributed by atoms with van der Waals surface area (Å²) in [5.74, 6) is -0.0183. The fourth-order valence-corrected chi connectivity index (χ4v) is 2.27. The van der Waals surface area contributed by atoms with Gasteiger partial charge in [-0.2, -0.15) is 0 Å². The van der Waals surface area contributed by atoms with Gasteiger partial charge in [0, 0.05) is 16.7 Å². The zero-order valence-corrected chi connectivity index (χ0v) is 14.6. The van der Waals surface area contributed by atoms with Crippen molar-refractivity contribution < 1.29 is 23.3 Å². The fourth-order valence-electron chi connectivity index (χ4n) is 2.14. The third-order valence-corrected chi connectivity index (χ3v) is 3.67. The highest BCUT2D eigenvalue weighted by Gasteiger charge is 2.15. The van der Waals surface area contributed by atoms with Gasteiger partial charge < -0.3 is 19.0 Å². The number of rotatable bonds is 6. The van der Waals surface area contributed by atoms with Crippen LogP contribution >= 0.6 is 11.6 Å². The van der Waals surface area contributed by atoms with Crippen molar-refractivity contribution in [3.05, 3.63) is 64.7 Å². The quantitative estimate of drug-likeness (QED) is 0.665. The number of nitrogens with one attached hydrogen (secondary N) is 1. The molecule has 26 heavy (non-hydrogen) atoms. The summed E-state index contributed by atoms with van der Waals surface area (Å²) in [5.41, 5.74) is 1.43. The van der Waals surface area contributed by atoms with Crippen LogP contribution in [0.2, 0.25) is 5.02 Å². The molecule has 1 amide bonds. The van der Waals surface area contributed by atoms with Crippen LogP contribution in [0, 0.1) is 6.92 Å². The van der Waals surface area contributed by atoms with E-state index >= 15 is 0 Å². The number of ether oxygens (including phenoxy) is 1. The van der Waals surface area contributed by atoms with E-state index in [1.165, 1.54) is 6.07 Å². The number of furan rings is 1. The van der Waals surface area contributed by atoms with Crippen molar-refractivity contribution in [2.75, 3.05) is 6.61 Å². The first-order chi connectivity index (χ1) is 12.5. The molecule has 0 spiro atoms. The molecule has 0 radical (unpaired) electrons. The Morgan fingerprint density at radius 1 is 1.19 bits per heavy atom. The van der Waals surface area contributed by atoms with E-state index in [2.05, 4.69) is 10.5 Å². The van der Waals surface area contributed by atoms with Gasteiger partial charge in [0.2, 0.25) is 5.76 Å². The normalized spacial score (nSPS) is 10.5. The van der Waals surface area contributed by atoms with Crippen LogP contribution in [0.4, 0.5) is 0 Å². The summed E-state index contributed by atoms with van der Waals surface area (Å²) < 4.78 is 15.3. The highest BCUT2D eigenvalue weighted by molar-refractivity contribution is 6.30. The number of esters is 1. The van der Waals surface area contributed by atoms with Gasteiger partial charge in [-0.3, -0.25) is 4.79 Å². The molecular formula is C18H15ClN2O5. The standard InChI is InChI=1S/C18H15ClN2O5/c1-11-8-16(26-21-11)18(23)24-10-17(22)20-9-14-6-7-15(25-14)12-2-4-13(19)5-3-12/h2-8H,9-10H2,1H3,(H,20,22). The molecule has 7 nitrogen and oxygen atoms in total. The van der Waals surface area contributed by atoms with Gasteiger partial charge in [-0.25, -0.2) is 4.79 Å². The van der Waals surface area contributed by atoms with Crippen molar-refractivity contribution in [3.8, 4) is 11.3 Å². The lowest BCUT2D eigenvalue weighted by Crippen LogP contribution is -2.28. The molecule has 0 saturated carbocycles. The number of aromatic nitrogens is 1. The van der Waals surface area contributed by atoms with E-state index in [-0.39, 0.29) is 12.3 Å². The zero-order valence-electron chi connectivity index (χ0n) is 13.8. The van der Waals surface area contributed by atoms with E-state index in [4.69, 9.17) is 25.3 Å². The largest absolute Gasteiger partial charge is 0.459 e. The average Bonchev–Trinajstić information content (AvgIpc) is 3.27. The Balaban J connectivity index is 1.47. The second-order valence-electron chi connectivity index (χ2n) is 5.46. The minimum absolute atomic E-state index is 0.0473. The van der Waals surface area contributed by atoms with Gasteiger partial charge in [0.1, 0.15) is 11.5 Å². The number of hydrogen-bond acceptors (Lipinski definition) is 6. The number of amides is 1. The van der Waals surface area contributed by atoms with Crippen LogP contribution in [0.3, 0.4) is 0 Å². The van der Waals surface area contributed by atoms with E-state index in [9.17, 15) is 9.59 Å². The summed E-state index contributed by atoms with van der Waals surface area (Å²) >= 11 is 5.86. The van der Waals surface area contributed by atoms with Crippen LogP contribution in [0.15, 0.2) is 51.4 Å². The molecule has 2 aromatic heterocycles. The summed E-state index contributed by atoms with van der Waals surface area (Å²) in [7, 11) is 0. The minimum atomic E-state index is -0.747. The summed E-state index contributed by atoms with van der Waals surface area (Å²) in [6, 6.07) is 12.2. The van der Waals surface area contributed by atoms with Crippen LogP contribution in [0.1, 0.15) is 22.0 Å². The fraction of sp³-hybridized carbons (Fsp3) is 0.167. The van der Waals surface area contributed by atoms with Gasteiger partial charge in [-0.05, 0) is 43.3 Å². The molecule has 0 fully saturated rings. The summed E-state index contributed by atoms with van der Waals surface area (Å²) in [6.07, 6.45) is 0. The molecule has 0 aliphatic heterocycles. The smallest absolute Gasteiger partial charge is 0.377 e. The summed E-state index contributed by atoms with van der Waals surface area (Å²) in [4.78, 5) is 23.4. The number of carbonyl (C=O) groups is 2. The monoisotopic (exact) mass is 374 g/mol. The van der Waals surface area contributed by atoms with E-state index in [0.29, 0.717) is 22.2 Å². The van der Waals surface area contributed by atoms with E-state index in [1.807, 2.05) is 12.1 Å². The number of carbonyl (C=O) groups excluding carboxylic acids is 2. The molecule has 0 atom stereocenters. The first-order valence-electron chi connectivity index (χ1n) is 7.73. The van der Waals surface area contributed by atoms with Crippen molar-refractivity contribution in [1.29, 1.82) is 0 Å². The van der Waals surface area contributed by atoms with Gasteiger partial charge in [0.25, 0.3) is 5.91 Å². The van der Waals surface area contributed by atoms with Crippen LogP contribution in [0.25, 0.3) is 11.3 Å². The van der Waals surface area contributed by atoms with Crippen molar-refractivity contribution in [3.63, 3.8) is 0 Å². The van der Waals surface area contributed by atoms with Crippen molar-refractivity contribution in [2.45, 2.75) is 13.5 Å². The number of halogens is 1. The van der Waals surface area contributed by atoms with Gasteiger partial charge in [0.15, 0.2) is 6.61 Å². The maximum Gasteiger partial charge on any atom is 0.377 e. The van der Waals surface area contributed by atoms with Crippen LogP contribution < -0.4 is 5.32 Å². The Kier molecular flexibility index (Phi) is 5.38. The molecule has 0 unspecified atom stereocenters. The molecule has 8 heteroatoms. The Labute approximate surface area is 153 Å². The SMILES string of the molecule is Cc1cc(C(=O)OCC(=O)NCc2ccc(-c3ccc(Cl)cc3)o2)on1. The predicted octanol–water partition coefficient (Wildman–Crippen LogP) is 3.37. The minimum Gasteiger partial charge on any atom is -0.459 e. The zero-order chi connectivity index (χ0) is 18.5. The number of aryl methyl sites for hydroxylation is 1. The van der Waals surface area contributed by atoms with E-state index in [0.717, 1.165) is 5.56 Å². The lowest BCUT2D eigenvalue weighted by atomic mass is 10.2. The molecule has 0 bridgehead atoms. The topological polar surface area (TPSA) is 94.6 Å². The molecule has 3 aromatic rings. The molecular weight excluding hydrogens is 360 g/mol. The predicted molar refractivity (Wildman–Crippen MR) is 92.5 cm³/mol. The Morgan fingerprint density at radius 3 is 2.65 bits per heavy atom. The number of benzene rings is 1. The molecule has 0 aliphatic rings. The first-order valence-corrected chi connectivity index (χ1v) is 8.11. The van der Waals surface area contributed by atoms with Gasteiger partial charge >= 0.3 is 5.97 Å². The highest BCUT2D eigenvalue weighted by Crippen LogP contribution is 2.23. The Bertz CT molecular complexity index is 914. The highest BCUT2D eigenvalue weighted by atomic mass is 35.5. The van der Waals surface area contributed by atoms with Gasteiger partial charge in [0.05, 0.1) is 12.2 Å². The van der Waals surface area contributed by atoms with Crippen molar-refractivity contribution in [1.82, 2.24) is 10.5 Å². The molecule has 2 heterocycles. The molecule has 134 valence electrons.